The maximum atomic E-state index is 13.3. The molecule has 2 heterocycles. The van der Waals surface area contributed by atoms with Gasteiger partial charge in [0.25, 0.3) is 0 Å². The Morgan fingerprint density at radius 3 is 2.60 bits per heavy atom. The van der Waals surface area contributed by atoms with E-state index in [-0.39, 0.29) is 36.4 Å². The van der Waals surface area contributed by atoms with Crippen LogP contribution in [0.5, 0.6) is 5.75 Å². The number of hydrogen-bond donors (Lipinski definition) is 0. The first-order valence-electron chi connectivity index (χ1n) is 10.8. The second kappa shape index (κ2) is 8.80. The SMILES string of the molecule is Cc1ccc(OC[C@@H]2c3ccsc3CCN2C(=O)CN(C(=O)C2CC2)C(C)C)cc1. The molecule has 1 aromatic heterocycles. The minimum Gasteiger partial charge on any atom is -0.491 e. The lowest BCUT2D eigenvalue weighted by molar-refractivity contribution is -0.144. The summed E-state index contributed by atoms with van der Waals surface area (Å²) >= 11 is 1.74. The molecule has 4 rings (SSSR count). The Morgan fingerprint density at radius 1 is 1.20 bits per heavy atom. The third-order valence-electron chi connectivity index (χ3n) is 5.98. The molecule has 0 N–H and O–H groups in total. The third-order valence-corrected chi connectivity index (χ3v) is 6.98. The minimum absolute atomic E-state index is 0.00653. The van der Waals surface area contributed by atoms with Crippen LogP contribution in [-0.4, -0.2) is 47.4 Å². The van der Waals surface area contributed by atoms with E-state index in [2.05, 4.69) is 11.4 Å². The second-order valence-electron chi connectivity index (χ2n) is 8.61. The van der Waals surface area contributed by atoms with Gasteiger partial charge >= 0.3 is 0 Å². The summed E-state index contributed by atoms with van der Waals surface area (Å²) in [5, 5.41) is 2.09. The number of hydrogen-bond acceptors (Lipinski definition) is 4. The molecule has 0 radical (unpaired) electrons. The van der Waals surface area contributed by atoms with Crippen LogP contribution in [0.25, 0.3) is 0 Å². The molecule has 160 valence electrons. The van der Waals surface area contributed by atoms with E-state index >= 15 is 0 Å². The molecule has 5 nitrogen and oxygen atoms in total. The number of benzene rings is 1. The number of aryl methyl sites for hydroxylation is 1. The van der Waals surface area contributed by atoms with Crippen molar-refractivity contribution in [3.63, 3.8) is 0 Å². The van der Waals surface area contributed by atoms with Crippen molar-refractivity contribution in [2.45, 2.75) is 52.1 Å². The highest BCUT2D eigenvalue weighted by Crippen LogP contribution is 2.35. The Hall–Kier alpha value is -2.34. The number of fused-ring (bicyclic) bond motifs is 1. The minimum atomic E-state index is -0.126. The first kappa shape index (κ1) is 20.9. The Bertz CT molecular complexity index is 901. The fourth-order valence-corrected chi connectivity index (χ4v) is 4.93. The lowest BCUT2D eigenvalue weighted by atomic mass is 10.00. The van der Waals surface area contributed by atoms with Gasteiger partial charge in [0, 0.05) is 23.4 Å². The molecule has 1 aromatic carbocycles. The molecule has 2 aromatic rings. The molecule has 1 aliphatic heterocycles. The van der Waals surface area contributed by atoms with E-state index in [4.69, 9.17) is 4.74 Å². The molecular formula is C24H30N2O3S. The summed E-state index contributed by atoms with van der Waals surface area (Å²) < 4.78 is 6.09. The van der Waals surface area contributed by atoms with Crippen molar-refractivity contribution in [1.82, 2.24) is 9.80 Å². The topological polar surface area (TPSA) is 49.9 Å². The zero-order valence-corrected chi connectivity index (χ0v) is 18.8. The van der Waals surface area contributed by atoms with Gasteiger partial charge in [-0.05, 0) is 69.2 Å². The van der Waals surface area contributed by atoms with Gasteiger partial charge in [-0.3, -0.25) is 9.59 Å². The molecule has 0 unspecified atom stereocenters. The van der Waals surface area contributed by atoms with E-state index in [9.17, 15) is 9.59 Å². The molecule has 0 spiro atoms. The van der Waals surface area contributed by atoms with Gasteiger partial charge in [-0.2, -0.15) is 0 Å². The van der Waals surface area contributed by atoms with Crippen LogP contribution in [0.15, 0.2) is 35.7 Å². The van der Waals surface area contributed by atoms with Gasteiger partial charge < -0.3 is 14.5 Å². The van der Waals surface area contributed by atoms with Gasteiger partial charge in [0.05, 0.1) is 6.04 Å². The van der Waals surface area contributed by atoms with Gasteiger partial charge in [0.15, 0.2) is 0 Å². The first-order chi connectivity index (χ1) is 14.4. The summed E-state index contributed by atoms with van der Waals surface area (Å²) in [6.07, 6.45) is 2.76. The molecule has 0 bridgehead atoms. The smallest absolute Gasteiger partial charge is 0.242 e. The van der Waals surface area contributed by atoms with Crippen LogP contribution in [0.2, 0.25) is 0 Å². The van der Waals surface area contributed by atoms with E-state index in [0.717, 1.165) is 25.0 Å². The van der Waals surface area contributed by atoms with Crippen LogP contribution in [0.1, 0.15) is 48.7 Å². The van der Waals surface area contributed by atoms with Gasteiger partial charge in [-0.25, -0.2) is 0 Å². The highest BCUT2D eigenvalue weighted by molar-refractivity contribution is 7.10. The molecule has 1 fully saturated rings. The normalized spacial score (nSPS) is 18.3. The average Bonchev–Trinajstić information content (AvgIpc) is 3.47. The Kier molecular flexibility index (Phi) is 6.14. The predicted molar refractivity (Wildman–Crippen MR) is 119 cm³/mol. The number of ether oxygens (including phenoxy) is 1. The molecule has 30 heavy (non-hydrogen) atoms. The highest BCUT2D eigenvalue weighted by atomic mass is 32.1. The molecule has 2 aliphatic rings. The van der Waals surface area contributed by atoms with Crippen molar-refractivity contribution < 1.29 is 14.3 Å². The van der Waals surface area contributed by atoms with E-state index in [1.54, 1.807) is 16.2 Å². The number of carbonyl (C=O) groups is 2. The lowest BCUT2D eigenvalue weighted by Crippen LogP contribution is -2.49. The molecule has 1 aliphatic carbocycles. The van der Waals surface area contributed by atoms with Crippen LogP contribution in [0.4, 0.5) is 0 Å². The summed E-state index contributed by atoms with van der Waals surface area (Å²) in [5.74, 6) is 1.06. The summed E-state index contributed by atoms with van der Waals surface area (Å²) in [6, 6.07) is 9.99. The Balaban J connectivity index is 1.50. The molecule has 6 heteroatoms. The van der Waals surface area contributed by atoms with E-state index in [0.29, 0.717) is 13.2 Å². The zero-order chi connectivity index (χ0) is 21.3. The van der Waals surface area contributed by atoms with E-state index < -0.39 is 0 Å². The van der Waals surface area contributed by atoms with Crippen LogP contribution in [-0.2, 0) is 16.0 Å². The molecule has 0 saturated heterocycles. The maximum absolute atomic E-state index is 13.3. The van der Waals surface area contributed by atoms with E-state index in [1.165, 1.54) is 16.0 Å². The number of rotatable bonds is 7. The monoisotopic (exact) mass is 426 g/mol. The summed E-state index contributed by atoms with van der Waals surface area (Å²) in [4.78, 5) is 31.0. The van der Waals surface area contributed by atoms with Crippen molar-refractivity contribution >= 4 is 23.2 Å². The fraction of sp³-hybridized carbons (Fsp3) is 0.500. The van der Waals surface area contributed by atoms with Crippen molar-refractivity contribution in [1.29, 1.82) is 0 Å². The van der Waals surface area contributed by atoms with Crippen LogP contribution >= 0.6 is 11.3 Å². The Morgan fingerprint density at radius 2 is 1.93 bits per heavy atom. The molecule has 1 atom stereocenters. The zero-order valence-electron chi connectivity index (χ0n) is 18.0. The van der Waals surface area contributed by atoms with Crippen LogP contribution in [0, 0.1) is 12.8 Å². The average molecular weight is 427 g/mol. The first-order valence-corrected chi connectivity index (χ1v) is 11.7. The predicted octanol–water partition coefficient (Wildman–Crippen LogP) is 4.21. The van der Waals surface area contributed by atoms with Crippen LogP contribution < -0.4 is 4.74 Å². The van der Waals surface area contributed by atoms with Crippen molar-refractivity contribution in [3.8, 4) is 5.75 Å². The quantitative estimate of drug-likeness (QED) is 0.666. The molecule has 1 saturated carbocycles. The van der Waals surface area contributed by atoms with Gasteiger partial charge in [0.2, 0.25) is 11.8 Å². The summed E-state index contributed by atoms with van der Waals surface area (Å²) in [5.41, 5.74) is 2.36. The van der Waals surface area contributed by atoms with Gasteiger partial charge in [-0.1, -0.05) is 17.7 Å². The maximum Gasteiger partial charge on any atom is 0.242 e. The van der Waals surface area contributed by atoms with Gasteiger partial charge in [-0.15, -0.1) is 11.3 Å². The van der Waals surface area contributed by atoms with Gasteiger partial charge in [0.1, 0.15) is 18.9 Å². The van der Waals surface area contributed by atoms with Crippen molar-refractivity contribution in [2.75, 3.05) is 19.7 Å². The third kappa shape index (κ3) is 4.53. The van der Waals surface area contributed by atoms with Crippen molar-refractivity contribution in [3.05, 3.63) is 51.7 Å². The lowest BCUT2D eigenvalue weighted by Gasteiger charge is -2.37. The number of amides is 2. The molecule has 2 amide bonds. The summed E-state index contributed by atoms with van der Waals surface area (Å²) in [7, 11) is 0. The summed E-state index contributed by atoms with van der Waals surface area (Å²) in [6.45, 7) is 7.24. The molecular weight excluding hydrogens is 396 g/mol. The largest absolute Gasteiger partial charge is 0.491 e. The Labute approximate surface area is 182 Å². The fourth-order valence-electron chi connectivity index (χ4n) is 4.00. The standard InChI is InChI=1S/C24H30N2O3S/c1-16(2)26(24(28)18-6-7-18)14-23(27)25-12-10-22-20(11-13-30-22)21(25)15-29-19-8-4-17(3)5-9-19/h4-5,8-9,11,13,16,18,21H,6-7,10,12,14-15H2,1-3H3/t21-/m1/s1. The number of thiophene rings is 1. The second-order valence-corrected chi connectivity index (χ2v) is 9.61. The highest BCUT2D eigenvalue weighted by Gasteiger charge is 2.38. The van der Waals surface area contributed by atoms with Crippen LogP contribution in [0.3, 0.4) is 0 Å². The van der Waals surface area contributed by atoms with E-state index in [1.807, 2.05) is 49.9 Å². The van der Waals surface area contributed by atoms with Crippen molar-refractivity contribution in [2.24, 2.45) is 5.92 Å². The number of carbonyl (C=O) groups excluding carboxylic acids is 2. The number of nitrogens with zero attached hydrogens (tertiary/aromatic N) is 2.